The maximum atomic E-state index is 5.41. The minimum Gasteiger partial charge on any atom is -0.493 e. The van der Waals surface area contributed by atoms with Gasteiger partial charge < -0.3 is 9.47 Å². The van der Waals surface area contributed by atoms with Gasteiger partial charge in [-0.2, -0.15) is 0 Å². The van der Waals surface area contributed by atoms with Crippen molar-refractivity contribution >= 4 is 10.9 Å². The lowest BCUT2D eigenvalue weighted by molar-refractivity contribution is 0.316. The Hall–Kier alpha value is -1.77. The molecule has 1 fully saturated rings. The van der Waals surface area contributed by atoms with Gasteiger partial charge in [-0.05, 0) is 42.4 Å². The molecule has 22 heavy (non-hydrogen) atoms. The van der Waals surface area contributed by atoms with E-state index < -0.39 is 0 Å². The lowest BCUT2D eigenvalue weighted by Crippen LogP contribution is -2.14. The zero-order chi connectivity index (χ0) is 15.5. The van der Waals surface area contributed by atoms with Crippen LogP contribution in [0.2, 0.25) is 0 Å². The Bertz CT molecular complexity index is 647. The number of hydrogen-bond acceptors (Lipinski definition) is 3. The van der Waals surface area contributed by atoms with Crippen LogP contribution in [0.1, 0.15) is 50.5 Å². The summed E-state index contributed by atoms with van der Waals surface area (Å²) in [4.78, 5) is 4.65. The summed E-state index contributed by atoms with van der Waals surface area (Å²) in [6, 6.07) is 6.24. The van der Waals surface area contributed by atoms with Gasteiger partial charge in [0.15, 0.2) is 11.5 Å². The van der Waals surface area contributed by atoms with E-state index in [1.165, 1.54) is 37.7 Å². The summed E-state index contributed by atoms with van der Waals surface area (Å²) in [6.45, 7) is 2.35. The van der Waals surface area contributed by atoms with Crippen LogP contribution >= 0.6 is 0 Å². The van der Waals surface area contributed by atoms with E-state index in [1.807, 2.05) is 18.3 Å². The van der Waals surface area contributed by atoms with Crippen LogP contribution in [0.15, 0.2) is 24.4 Å². The number of pyridine rings is 1. The summed E-state index contributed by atoms with van der Waals surface area (Å²) in [5.41, 5.74) is 2.30. The molecule has 1 saturated carbocycles. The molecule has 2 aromatic rings. The van der Waals surface area contributed by atoms with Crippen LogP contribution in [-0.2, 0) is 0 Å². The number of rotatable bonds is 4. The highest BCUT2D eigenvalue weighted by Gasteiger charge is 2.22. The van der Waals surface area contributed by atoms with Crippen molar-refractivity contribution in [3.63, 3.8) is 0 Å². The van der Waals surface area contributed by atoms with Crippen molar-refractivity contribution in [2.75, 3.05) is 14.2 Å². The number of benzene rings is 1. The van der Waals surface area contributed by atoms with E-state index in [2.05, 4.69) is 18.0 Å². The van der Waals surface area contributed by atoms with Crippen LogP contribution in [0.4, 0.5) is 0 Å². The summed E-state index contributed by atoms with van der Waals surface area (Å²) in [5, 5.41) is 1.12. The van der Waals surface area contributed by atoms with Crippen LogP contribution in [-0.4, -0.2) is 19.2 Å². The van der Waals surface area contributed by atoms with E-state index in [4.69, 9.17) is 9.47 Å². The molecule has 0 saturated heterocycles. The topological polar surface area (TPSA) is 31.4 Å². The Balaban J connectivity index is 1.94. The van der Waals surface area contributed by atoms with Gasteiger partial charge in [-0.25, -0.2) is 0 Å². The van der Waals surface area contributed by atoms with E-state index in [9.17, 15) is 0 Å². The number of nitrogens with zero attached hydrogens (tertiary/aromatic N) is 1. The second-order valence-electron chi connectivity index (χ2n) is 6.36. The monoisotopic (exact) mass is 299 g/mol. The fraction of sp³-hybridized carbons (Fsp3) is 0.526. The van der Waals surface area contributed by atoms with E-state index >= 15 is 0 Å². The smallest absolute Gasteiger partial charge is 0.162 e. The molecule has 118 valence electrons. The molecule has 0 radical (unpaired) electrons. The van der Waals surface area contributed by atoms with Crippen molar-refractivity contribution in [2.24, 2.45) is 5.92 Å². The van der Waals surface area contributed by atoms with Gasteiger partial charge in [-0.15, -0.1) is 0 Å². The minimum atomic E-state index is 0.574. The second-order valence-corrected chi connectivity index (χ2v) is 6.36. The maximum absolute atomic E-state index is 5.41. The van der Waals surface area contributed by atoms with Crippen LogP contribution < -0.4 is 9.47 Å². The summed E-state index contributed by atoms with van der Waals surface area (Å²) in [6.07, 6.45) is 8.89. The molecule has 1 aliphatic rings. The number of hydrogen-bond donors (Lipinski definition) is 0. The highest BCUT2D eigenvalue weighted by Crippen LogP contribution is 2.37. The summed E-state index contributed by atoms with van der Waals surface area (Å²) < 4.78 is 10.8. The Kier molecular flexibility index (Phi) is 4.51. The van der Waals surface area contributed by atoms with Gasteiger partial charge in [0.2, 0.25) is 0 Å². The Labute approximate surface area is 132 Å². The number of methoxy groups -OCH3 is 2. The molecule has 1 heterocycles. The molecule has 0 amide bonds. The Morgan fingerprint density at radius 3 is 2.36 bits per heavy atom. The molecule has 0 spiro atoms. The van der Waals surface area contributed by atoms with Gasteiger partial charge >= 0.3 is 0 Å². The Morgan fingerprint density at radius 2 is 1.68 bits per heavy atom. The molecule has 0 aliphatic heterocycles. The SMILES string of the molecule is COc1cc2cc(C(C)C3CCCCC3)cnc2cc1OC. The van der Waals surface area contributed by atoms with Crippen molar-refractivity contribution in [2.45, 2.75) is 44.9 Å². The van der Waals surface area contributed by atoms with E-state index in [0.29, 0.717) is 5.92 Å². The fourth-order valence-corrected chi connectivity index (χ4v) is 3.63. The second kappa shape index (κ2) is 6.55. The molecule has 1 aromatic heterocycles. The standard InChI is InChI=1S/C19H25NO2/c1-13(14-7-5-4-6-8-14)16-9-15-10-18(21-2)19(22-3)11-17(15)20-12-16/h9-14H,4-8H2,1-3H3. The third-order valence-electron chi connectivity index (χ3n) is 5.09. The largest absolute Gasteiger partial charge is 0.493 e. The van der Waals surface area contributed by atoms with Crippen LogP contribution in [0.5, 0.6) is 11.5 Å². The fourth-order valence-electron chi connectivity index (χ4n) is 3.63. The predicted molar refractivity (Wildman–Crippen MR) is 89.8 cm³/mol. The van der Waals surface area contributed by atoms with Gasteiger partial charge in [-0.1, -0.05) is 26.2 Å². The van der Waals surface area contributed by atoms with Gasteiger partial charge in [-0.3, -0.25) is 4.98 Å². The summed E-state index contributed by atoms with van der Waals surface area (Å²) in [7, 11) is 3.33. The summed E-state index contributed by atoms with van der Waals surface area (Å²) >= 11 is 0. The van der Waals surface area contributed by atoms with E-state index in [-0.39, 0.29) is 0 Å². The minimum absolute atomic E-state index is 0.574. The first-order valence-corrected chi connectivity index (χ1v) is 8.24. The first kappa shape index (κ1) is 15.1. The molecule has 3 heteroatoms. The van der Waals surface area contributed by atoms with Crippen LogP contribution in [0.3, 0.4) is 0 Å². The maximum Gasteiger partial charge on any atom is 0.162 e. The summed E-state index contributed by atoms with van der Waals surface area (Å²) in [5.74, 6) is 2.87. The quantitative estimate of drug-likeness (QED) is 0.801. The average Bonchev–Trinajstić information content (AvgIpc) is 2.60. The van der Waals surface area contributed by atoms with Gasteiger partial charge in [0, 0.05) is 17.6 Å². The first-order chi connectivity index (χ1) is 10.7. The van der Waals surface area contributed by atoms with Gasteiger partial charge in [0.25, 0.3) is 0 Å². The number of aromatic nitrogens is 1. The van der Waals surface area contributed by atoms with Gasteiger partial charge in [0.1, 0.15) is 0 Å². The highest BCUT2D eigenvalue weighted by molar-refractivity contribution is 5.83. The van der Waals surface area contributed by atoms with Gasteiger partial charge in [0.05, 0.1) is 19.7 Å². The normalized spacial score (nSPS) is 17.4. The molecule has 3 rings (SSSR count). The molecule has 3 nitrogen and oxygen atoms in total. The molecule has 0 N–H and O–H groups in total. The Morgan fingerprint density at radius 1 is 1.00 bits per heavy atom. The lowest BCUT2D eigenvalue weighted by atomic mass is 9.78. The van der Waals surface area contributed by atoms with Crippen molar-refractivity contribution in [1.29, 1.82) is 0 Å². The lowest BCUT2D eigenvalue weighted by Gasteiger charge is -2.28. The molecular weight excluding hydrogens is 274 g/mol. The first-order valence-electron chi connectivity index (χ1n) is 8.24. The third-order valence-corrected chi connectivity index (χ3v) is 5.09. The average molecular weight is 299 g/mol. The highest BCUT2D eigenvalue weighted by atomic mass is 16.5. The van der Waals surface area contributed by atoms with Crippen molar-refractivity contribution < 1.29 is 9.47 Å². The van der Waals surface area contributed by atoms with E-state index in [0.717, 1.165) is 28.3 Å². The van der Waals surface area contributed by atoms with Crippen molar-refractivity contribution in [3.8, 4) is 11.5 Å². The van der Waals surface area contributed by atoms with E-state index in [1.54, 1.807) is 14.2 Å². The van der Waals surface area contributed by atoms with Crippen LogP contribution in [0, 0.1) is 5.92 Å². The number of fused-ring (bicyclic) bond motifs is 1. The predicted octanol–water partition coefficient (Wildman–Crippen LogP) is 4.94. The molecule has 1 unspecified atom stereocenters. The molecule has 0 bridgehead atoms. The number of ether oxygens (including phenoxy) is 2. The molecule has 1 atom stereocenters. The van der Waals surface area contributed by atoms with Crippen molar-refractivity contribution in [1.82, 2.24) is 4.98 Å². The zero-order valence-corrected chi connectivity index (χ0v) is 13.8. The van der Waals surface area contributed by atoms with Crippen LogP contribution in [0.25, 0.3) is 10.9 Å². The molecular formula is C19H25NO2. The third kappa shape index (κ3) is 2.90. The molecule has 1 aromatic carbocycles. The zero-order valence-electron chi connectivity index (χ0n) is 13.8. The van der Waals surface area contributed by atoms with Crippen molar-refractivity contribution in [3.05, 3.63) is 30.0 Å². The molecule has 1 aliphatic carbocycles.